The summed E-state index contributed by atoms with van der Waals surface area (Å²) < 4.78 is 5.51. The first-order chi connectivity index (χ1) is 7.33. The molecular formula is C11H12N2O2. The molecule has 1 fully saturated rings. The molecule has 3 rings (SSSR count). The number of amides is 1. The Morgan fingerprint density at radius 1 is 1.40 bits per heavy atom. The number of anilines is 1. The maximum atomic E-state index is 11.2. The van der Waals surface area contributed by atoms with Gasteiger partial charge in [0.05, 0.1) is 19.3 Å². The van der Waals surface area contributed by atoms with Crippen LogP contribution in [0.5, 0.6) is 0 Å². The van der Waals surface area contributed by atoms with E-state index in [-0.39, 0.29) is 12.0 Å². The van der Waals surface area contributed by atoms with Gasteiger partial charge in [0.1, 0.15) is 0 Å². The zero-order chi connectivity index (χ0) is 10.3. The quantitative estimate of drug-likeness (QED) is 0.711. The lowest BCUT2D eigenvalue weighted by Gasteiger charge is -2.09. The van der Waals surface area contributed by atoms with E-state index in [9.17, 15) is 4.79 Å². The van der Waals surface area contributed by atoms with Gasteiger partial charge in [0.25, 0.3) is 0 Å². The van der Waals surface area contributed by atoms with Crippen molar-refractivity contribution >= 4 is 11.6 Å². The fourth-order valence-corrected chi connectivity index (χ4v) is 2.07. The number of carbonyl (C=O) groups is 1. The van der Waals surface area contributed by atoms with Crippen molar-refractivity contribution in [2.24, 2.45) is 0 Å². The fraction of sp³-hybridized carbons (Fsp3) is 0.364. The van der Waals surface area contributed by atoms with Crippen LogP contribution >= 0.6 is 0 Å². The van der Waals surface area contributed by atoms with Crippen LogP contribution in [0.2, 0.25) is 0 Å². The molecule has 0 radical (unpaired) electrons. The number of fused-ring (bicyclic) bond motifs is 1. The third kappa shape index (κ3) is 1.52. The van der Waals surface area contributed by atoms with E-state index in [0.717, 1.165) is 23.4 Å². The summed E-state index contributed by atoms with van der Waals surface area (Å²) in [7, 11) is 0. The molecule has 1 amide bonds. The number of hydrogen-bond donors (Lipinski definition) is 2. The van der Waals surface area contributed by atoms with Gasteiger partial charge in [0, 0.05) is 12.2 Å². The summed E-state index contributed by atoms with van der Waals surface area (Å²) in [6.45, 7) is 1.46. The zero-order valence-corrected chi connectivity index (χ0v) is 8.25. The summed E-state index contributed by atoms with van der Waals surface area (Å²) in [5.41, 5.74) is 3.16. The van der Waals surface area contributed by atoms with Crippen LogP contribution < -0.4 is 10.6 Å². The normalized spacial score (nSPS) is 24.0. The average molecular weight is 204 g/mol. The van der Waals surface area contributed by atoms with Crippen LogP contribution in [0.3, 0.4) is 0 Å². The molecule has 78 valence electrons. The lowest BCUT2D eigenvalue weighted by atomic mass is 10.0. The Morgan fingerprint density at radius 2 is 2.33 bits per heavy atom. The Morgan fingerprint density at radius 3 is 3.13 bits per heavy atom. The van der Waals surface area contributed by atoms with Crippen LogP contribution in [-0.2, 0) is 16.0 Å². The minimum absolute atomic E-state index is 0.0765. The molecule has 15 heavy (non-hydrogen) atoms. The first kappa shape index (κ1) is 8.88. The molecule has 2 N–H and O–H groups in total. The Bertz CT molecular complexity index is 411. The highest BCUT2D eigenvalue weighted by Gasteiger charge is 2.22. The molecule has 0 saturated carbocycles. The van der Waals surface area contributed by atoms with E-state index < -0.39 is 0 Å². The Hall–Kier alpha value is -1.39. The van der Waals surface area contributed by atoms with Crippen LogP contribution in [0.25, 0.3) is 0 Å². The first-order valence-corrected chi connectivity index (χ1v) is 5.08. The first-order valence-electron chi connectivity index (χ1n) is 5.08. The molecule has 1 saturated heterocycles. The van der Waals surface area contributed by atoms with Crippen molar-refractivity contribution in [1.29, 1.82) is 0 Å². The van der Waals surface area contributed by atoms with Crippen molar-refractivity contribution in [1.82, 2.24) is 5.32 Å². The third-order valence-corrected chi connectivity index (χ3v) is 2.84. The highest BCUT2D eigenvalue weighted by Crippen LogP contribution is 2.28. The van der Waals surface area contributed by atoms with Gasteiger partial charge in [-0.25, -0.2) is 0 Å². The standard InChI is InChI=1S/C11H12N2O2/c14-11-4-8-3-7(1-2-9(8)13-11)10-5-12-6-15-10/h1-3,10,12H,4-6H2,(H,13,14). The minimum atomic E-state index is 0.0765. The molecule has 1 atom stereocenters. The van der Waals surface area contributed by atoms with Gasteiger partial charge >= 0.3 is 0 Å². The van der Waals surface area contributed by atoms with Crippen molar-refractivity contribution < 1.29 is 9.53 Å². The number of carbonyl (C=O) groups excluding carboxylic acids is 1. The monoisotopic (exact) mass is 204 g/mol. The predicted molar refractivity (Wildman–Crippen MR) is 55.5 cm³/mol. The van der Waals surface area contributed by atoms with Gasteiger partial charge in [-0.15, -0.1) is 0 Å². The van der Waals surface area contributed by atoms with Gasteiger partial charge in [-0.1, -0.05) is 12.1 Å². The van der Waals surface area contributed by atoms with Crippen LogP contribution in [0, 0.1) is 0 Å². The van der Waals surface area contributed by atoms with Crippen molar-refractivity contribution in [3.05, 3.63) is 29.3 Å². The Labute approximate surface area is 87.6 Å². The summed E-state index contributed by atoms with van der Waals surface area (Å²) in [5.74, 6) is 0.0765. The molecule has 1 unspecified atom stereocenters. The van der Waals surface area contributed by atoms with E-state index in [2.05, 4.69) is 16.7 Å². The molecule has 0 bridgehead atoms. The second-order valence-corrected chi connectivity index (χ2v) is 3.90. The minimum Gasteiger partial charge on any atom is -0.357 e. The number of benzene rings is 1. The molecule has 1 aromatic rings. The number of rotatable bonds is 1. The van der Waals surface area contributed by atoms with E-state index >= 15 is 0 Å². The van der Waals surface area contributed by atoms with Gasteiger partial charge in [0.2, 0.25) is 5.91 Å². The molecule has 2 aliphatic rings. The molecule has 2 aliphatic heterocycles. The SMILES string of the molecule is O=C1Cc2cc(C3CNCO3)ccc2N1. The number of nitrogens with one attached hydrogen (secondary N) is 2. The zero-order valence-electron chi connectivity index (χ0n) is 8.25. The summed E-state index contributed by atoms with van der Waals surface area (Å²) in [6.07, 6.45) is 0.620. The van der Waals surface area contributed by atoms with Crippen molar-refractivity contribution in [2.75, 3.05) is 18.6 Å². The fourth-order valence-electron chi connectivity index (χ4n) is 2.07. The van der Waals surface area contributed by atoms with Crippen LogP contribution in [-0.4, -0.2) is 19.2 Å². The topological polar surface area (TPSA) is 50.4 Å². The van der Waals surface area contributed by atoms with Crippen molar-refractivity contribution in [2.45, 2.75) is 12.5 Å². The van der Waals surface area contributed by atoms with Crippen molar-refractivity contribution in [3.8, 4) is 0 Å². The van der Waals surface area contributed by atoms with Gasteiger partial charge in [-0.3, -0.25) is 10.1 Å². The highest BCUT2D eigenvalue weighted by atomic mass is 16.5. The van der Waals surface area contributed by atoms with E-state index in [4.69, 9.17) is 4.74 Å². The van der Waals surface area contributed by atoms with Crippen molar-refractivity contribution in [3.63, 3.8) is 0 Å². The lowest BCUT2D eigenvalue weighted by Crippen LogP contribution is -2.08. The highest BCUT2D eigenvalue weighted by molar-refractivity contribution is 5.99. The van der Waals surface area contributed by atoms with Crippen LogP contribution in [0.15, 0.2) is 18.2 Å². The van der Waals surface area contributed by atoms with Crippen LogP contribution in [0.4, 0.5) is 5.69 Å². The maximum absolute atomic E-state index is 11.2. The molecule has 4 nitrogen and oxygen atoms in total. The van der Waals surface area contributed by atoms with E-state index in [0.29, 0.717) is 13.2 Å². The van der Waals surface area contributed by atoms with Gasteiger partial charge < -0.3 is 10.1 Å². The largest absolute Gasteiger partial charge is 0.357 e. The summed E-state index contributed by atoms with van der Waals surface area (Å²) in [4.78, 5) is 11.2. The molecule has 0 spiro atoms. The molecule has 0 aromatic heterocycles. The van der Waals surface area contributed by atoms with E-state index in [1.807, 2.05) is 12.1 Å². The molecular weight excluding hydrogens is 192 g/mol. The van der Waals surface area contributed by atoms with Gasteiger partial charge in [-0.2, -0.15) is 0 Å². The summed E-state index contributed by atoms with van der Waals surface area (Å²) >= 11 is 0. The van der Waals surface area contributed by atoms with Crippen LogP contribution in [0.1, 0.15) is 17.2 Å². The Kier molecular flexibility index (Phi) is 1.97. The molecule has 4 heteroatoms. The smallest absolute Gasteiger partial charge is 0.228 e. The summed E-state index contributed by atoms with van der Waals surface area (Å²) in [6, 6.07) is 6.03. The second-order valence-electron chi connectivity index (χ2n) is 3.90. The molecule has 1 aromatic carbocycles. The molecule has 0 aliphatic carbocycles. The predicted octanol–water partition coefficient (Wildman–Crippen LogP) is 0.800. The maximum Gasteiger partial charge on any atom is 0.228 e. The third-order valence-electron chi connectivity index (χ3n) is 2.84. The Balaban J connectivity index is 1.92. The van der Waals surface area contributed by atoms with Gasteiger partial charge in [-0.05, 0) is 17.2 Å². The number of hydrogen-bond acceptors (Lipinski definition) is 3. The van der Waals surface area contributed by atoms with E-state index in [1.54, 1.807) is 0 Å². The average Bonchev–Trinajstić information content (AvgIpc) is 2.82. The summed E-state index contributed by atoms with van der Waals surface area (Å²) in [5, 5.41) is 5.96. The number of ether oxygens (including phenoxy) is 1. The molecule has 2 heterocycles. The lowest BCUT2D eigenvalue weighted by molar-refractivity contribution is -0.115. The second kappa shape index (κ2) is 3.32. The van der Waals surface area contributed by atoms with Gasteiger partial charge in [0.15, 0.2) is 0 Å². The van der Waals surface area contributed by atoms with E-state index in [1.165, 1.54) is 0 Å².